The van der Waals surface area contributed by atoms with Crippen molar-refractivity contribution < 1.29 is 4.79 Å². The summed E-state index contributed by atoms with van der Waals surface area (Å²) in [7, 11) is 0. The van der Waals surface area contributed by atoms with E-state index in [9.17, 15) is 4.79 Å². The van der Waals surface area contributed by atoms with E-state index in [4.69, 9.17) is 11.6 Å². The van der Waals surface area contributed by atoms with Crippen LogP contribution < -0.4 is 5.32 Å². The molecule has 1 aliphatic rings. The van der Waals surface area contributed by atoms with Gasteiger partial charge in [-0.05, 0) is 43.7 Å². The lowest BCUT2D eigenvalue weighted by Crippen LogP contribution is -2.32. The van der Waals surface area contributed by atoms with Crippen molar-refractivity contribution in [1.29, 1.82) is 0 Å². The minimum absolute atomic E-state index is 0.201. The fourth-order valence-electron chi connectivity index (χ4n) is 2.31. The SMILES string of the molecule is CCC1(C(=O)c2ccc(Cl)cc2)CCNC1. The van der Waals surface area contributed by atoms with Gasteiger partial charge in [0.1, 0.15) is 0 Å². The molecule has 1 atom stereocenters. The molecular weight excluding hydrogens is 222 g/mol. The van der Waals surface area contributed by atoms with Crippen LogP contribution >= 0.6 is 11.6 Å². The molecule has 1 fully saturated rings. The molecule has 3 heteroatoms. The predicted octanol–water partition coefficient (Wildman–Crippen LogP) is 2.91. The van der Waals surface area contributed by atoms with Gasteiger partial charge in [-0.25, -0.2) is 0 Å². The molecule has 0 spiro atoms. The molecule has 1 N–H and O–H groups in total. The molecule has 16 heavy (non-hydrogen) atoms. The topological polar surface area (TPSA) is 29.1 Å². The molecule has 0 amide bonds. The third-order valence-electron chi connectivity index (χ3n) is 3.51. The average Bonchev–Trinajstić information content (AvgIpc) is 2.79. The Morgan fingerprint density at radius 1 is 1.44 bits per heavy atom. The number of hydrogen-bond donors (Lipinski definition) is 1. The monoisotopic (exact) mass is 237 g/mol. The van der Waals surface area contributed by atoms with Crippen LogP contribution in [0.15, 0.2) is 24.3 Å². The van der Waals surface area contributed by atoms with E-state index in [1.54, 1.807) is 12.1 Å². The van der Waals surface area contributed by atoms with E-state index in [1.807, 2.05) is 12.1 Å². The van der Waals surface area contributed by atoms with E-state index in [0.29, 0.717) is 5.02 Å². The number of nitrogens with one attached hydrogen (secondary N) is 1. The Bertz CT molecular complexity index is 379. The van der Waals surface area contributed by atoms with Crippen molar-refractivity contribution in [3.05, 3.63) is 34.9 Å². The van der Waals surface area contributed by atoms with Crippen LogP contribution in [-0.2, 0) is 0 Å². The van der Waals surface area contributed by atoms with Crippen molar-refractivity contribution in [2.24, 2.45) is 5.41 Å². The molecule has 2 nitrogen and oxygen atoms in total. The maximum absolute atomic E-state index is 12.4. The molecule has 1 saturated heterocycles. The maximum atomic E-state index is 12.4. The summed E-state index contributed by atoms with van der Waals surface area (Å²) < 4.78 is 0. The van der Waals surface area contributed by atoms with Gasteiger partial charge in [0.25, 0.3) is 0 Å². The summed E-state index contributed by atoms with van der Waals surface area (Å²) in [4.78, 5) is 12.4. The first-order chi connectivity index (χ1) is 7.68. The van der Waals surface area contributed by atoms with E-state index in [-0.39, 0.29) is 11.2 Å². The fraction of sp³-hybridized carbons (Fsp3) is 0.462. The summed E-state index contributed by atoms with van der Waals surface area (Å²) >= 11 is 5.82. The third-order valence-corrected chi connectivity index (χ3v) is 3.76. The quantitative estimate of drug-likeness (QED) is 0.819. The van der Waals surface area contributed by atoms with Crippen LogP contribution in [0.1, 0.15) is 30.1 Å². The minimum Gasteiger partial charge on any atom is -0.316 e. The standard InChI is InChI=1S/C13H16ClNO/c1-2-13(7-8-15-9-13)12(16)10-3-5-11(14)6-4-10/h3-6,15H,2,7-9H2,1H3. The lowest BCUT2D eigenvalue weighted by Gasteiger charge is -2.24. The number of carbonyl (C=O) groups excluding carboxylic acids is 1. The number of rotatable bonds is 3. The summed E-state index contributed by atoms with van der Waals surface area (Å²) in [6.07, 6.45) is 1.83. The van der Waals surface area contributed by atoms with Crippen molar-refractivity contribution in [1.82, 2.24) is 5.32 Å². The second-order valence-electron chi connectivity index (χ2n) is 4.40. The van der Waals surface area contributed by atoms with Gasteiger partial charge >= 0.3 is 0 Å². The Morgan fingerprint density at radius 2 is 2.12 bits per heavy atom. The van der Waals surface area contributed by atoms with Gasteiger partial charge in [0.15, 0.2) is 5.78 Å². The molecule has 86 valence electrons. The van der Waals surface area contributed by atoms with Crippen LogP contribution in [0.4, 0.5) is 0 Å². The molecule has 1 unspecified atom stereocenters. The average molecular weight is 238 g/mol. The largest absolute Gasteiger partial charge is 0.316 e. The first kappa shape index (κ1) is 11.6. The highest BCUT2D eigenvalue weighted by Crippen LogP contribution is 2.33. The van der Waals surface area contributed by atoms with Crippen LogP contribution in [0.2, 0.25) is 5.02 Å². The summed E-state index contributed by atoms with van der Waals surface area (Å²) in [6, 6.07) is 7.20. The maximum Gasteiger partial charge on any atom is 0.170 e. The highest BCUT2D eigenvalue weighted by molar-refractivity contribution is 6.30. The second kappa shape index (κ2) is 4.56. The van der Waals surface area contributed by atoms with Gasteiger partial charge in [0.05, 0.1) is 0 Å². The van der Waals surface area contributed by atoms with Crippen LogP contribution in [0.5, 0.6) is 0 Å². The van der Waals surface area contributed by atoms with Crippen molar-refractivity contribution in [3.8, 4) is 0 Å². The molecule has 0 aromatic heterocycles. The molecule has 1 heterocycles. The Hall–Kier alpha value is -0.860. The van der Waals surface area contributed by atoms with Crippen molar-refractivity contribution in [3.63, 3.8) is 0 Å². The Balaban J connectivity index is 2.26. The highest BCUT2D eigenvalue weighted by atomic mass is 35.5. The summed E-state index contributed by atoms with van der Waals surface area (Å²) in [5.41, 5.74) is 0.573. The molecule has 0 bridgehead atoms. The molecule has 1 aliphatic heterocycles. The van der Waals surface area contributed by atoms with Crippen LogP contribution in [0, 0.1) is 5.41 Å². The van der Waals surface area contributed by atoms with Crippen molar-refractivity contribution >= 4 is 17.4 Å². The smallest absolute Gasteiger partial charge is 0.170 e. The number of hydrogen-bond acceptors (Lipinski definition) is 2. The van der Waals surface area contributed by atoms with Gasteiger partial charge in [-0.3, -0.25) is 4.79 Å². The van der Waals surface area contributed by atoms with Gasteiger partial charge in [-0.2, -0.15) is 0 Å². The van der Waals surface area contributed by atoms with Crippen molar-refractivity contribution in [2.45, 2.75) is 19.8 Å². The van der Waals surface area contributed by atoms with Gasteiger partial charge in [-0.1, -0.05) is 18.5 Å². The zero-order chi connectivity index (χ0) is 11.6. The highest BCUT2D eigenvalue weighted by Gasteiger charge is 2.39. The minimum atomic E-state index is -0.201. The van der Waals surface area contributed by atoms with Crippen molar-refractivity contribution in [2.75, 3.05) is 13.1 Å². The van der Waals surface area contributed by atoms with E-state index in [2.05, 4.69) is 12.2 Å². The molecule has 0 saturated carbocycles. The Kier molecular flexibility index (Phi) is 3.31. The van der Waals surface area contributed by atoms with Gasteiger partial charge in [0.2, 0.25) is 0 Å². The molecular formula is C13H16ClNO. The van der Waals surface area contributed by atoms with E-state index >= 15 is 0 Å². The van der Waals surface area contributed by atoms with E-state index < -0.39 is 0 Å². The predicted molar refractivity (Wildman–Crippen MR) is 66.0 cm³/mol. The number of halogens is 1. The lowest BCUT2D eigenvalue weighted by atomic mass is 9.77. The molecule has 0 aliphatic carbocycles. The fourth-order valence-corrected chi connectivity index (χ4v) is 2.43. The van der Waals surface area contributed by atoms with Gasteiger partial charge in [-0.15, -0.1) is 0 Å². The molecule has 1 aromatic rings. The van der Waals surface area contributed by atoms with Gasteiger partial charge < -0.3 is 5.32 Å². The first-order valence-corrected chi connectivity index (χ1v) is 6.07. The number of carbonyl (C=O) groups is 1. The summed E-state index contributed by atoms with van der Waals surface area (Å²) in [5.74, 6) is 0.247. The van der Waals surface area contributed by atoms with Crippen LogP contribution in [-0.4, -0.2) is 18.9 Å². The lowest BCUT2D eigenvalue weighted by molar-refractivity contribution is 0.0810. The molecule has 2 rings (SSSR count). The zero-order valence-electron chi connectivity index (χ0n) is 9.42. The number of ketones is 1. The second-order valence-corrected chi connectivity index (χ2v) is 4.83. The normalized spacial score (nSPS) is 24.6. The number of Topliss-reactive ketones (excluding diaryl/α,β-unsaturated/α-hetero) is 1. The van der Waals surface area contributed by atoms with E-state index in [1.165, 1.54) is 0 Å². The summed E-state index contributed by atoms with van der Waals surface area (Å²) in [6.45, 7) is 3.82. The molecule has 0 radical (unpaired) electrons. The third kappa shape index (κ3) is 2.00. The number of benzene rings is 1. The van der Waals surface area contributed by atoms with Gasteiger partial charge in [0, 0.05) is 22.5 Å². The zero-order valence-corrected chi connectivity index (χ0v) is 10.2. The first-order valence-electron chi connectivity index (χ1n) is 5.69. The Labute approximate surface area is 101 Å². The molecule has 1 aromatic carbocycles. The van der Waals surface area contributed by atoms with E-state index in [0.717, 1.165) is 31.5 Å². The Morgan fingerprint density at radius 3 is 2.62 bits per heavy atom. The summed E-state index contributed by atoms with van der Waals surface area (Å²) in [5, 5.41) is 3.95. The van der Waals surface area contributed by atoms with Crippen LogP contribution in [0.25, 0.3) is 0 Å². The van der Waals surface area contributed by atoms with Crippen LogP contribution in [0.3, 0.4) is 0 Å².